The van der Waals surface area contributed by atoms with E-state index in [1.807, 2.05) is 18.2 Å². The molecule has 11 nitrogen and oxygen atoms in total. The van der Waals surface area contributed by atoms with Crippen LogP contribution in [0.15, 0.2) is 79.0 Å². The first-order chi connectivity index (χ1) is 24.0. The monoisotopic (exact) mass is 709 g/mol. The molecule has 0 atom stereocenters. The smallest absolute Gasteiger partial charge is 0.435 e. The molecule has 6 rings (SSSR count). The van der Waals surface area contributed by atoms with Gasteiger partial charge in [-0.25, -0.2) is 13.4 Å². The number of carbonyl (C=O) groups is 1. The number of anilines is 2. The first kappa shape index (κ1) is 35.1. The Bertz CT molecular complexity index is 1860. The van der Waals surface area contributed by atoms with Gasteiger partial charge in [-0.15, -0.1) is 10.2 Å². The van der Waals surface area contributed by atoms with Crippen molar-refractivity contribution in [1.82, 2.24) is 25.0 Å². The molecule has 2 aromatic heterocycles. The van der Waals surface area contributed by atoms with Crippen molar-refractivity contribution >= 4 is 27.4 Å². The lowest BCUT2D eigenvalue weighted by Crippen LogP contribution is -2.46. The van der Waals surface area contributed by atoms with Crippen LogP contribution in [0, 0.1) is 0 Å². The van der Waals surface area contributed by atoms with Crippen molar-refractivity contribution in [2.24, 2.45) is 0 Å². The number of carbonyl (C=O) groups excluding carboxylic acids is 1. The van der Waals surface area contributed by atoms with Crippen LogP contribution in [0.5, 0.6) is 11.6 Å². The predicted octanol–water partition coefficient (Wildman–Crippen LogP) is 5.79. The highest BCUT2D eigenvalue weighted by Gasteiger charge is 2.33. The molecular weight excluding hydrogens is 671 g/mol. The van der Waals surface area contributed by atoms with Crippen LogP contribution in [-0.2, 0) is 22.0 Å². The van der Waals surface area contributed by atoms with Gasteiger partial charge >= 0.3 is 6.18 Å². The van der Waals surface area contributed by atoms with Crippen LogP contribution in [0.3, 0.4) is 0 Å². The number of aromatic nitrogens is 3. The molecule has 50 heavy (non-hydrogen) atoms. The molecule has 15 heteroatoms. The van der Waals surface area contributed by atoms with Crippen molar-refractivity contribution in [2.45, 2.75) is 37.6 Å². The zero-order chi connectivity index (χ0) is 35.3. The number of hydrogen-bond donors (Lipinski definition) is 1. The fraction of sp³-hybridized carbons (Fsp3) is 0.371. The molecule has 2 fully saturated rings. The number of amides is 1. The summed E-state index contributed by atoms with van der Waals surface area (Å²) in [5.41, 5.74) is 1.20. The number of pyridine rings is 1. The predicted molar refractivity (Wildman–Crippen MR) is 183 cm³/mol. The molecule has 4 aromatic rings. The number of hydrogen-bond acceptors (Lipinski definition) is 9. The number of sulfonamides is 1. The molecule has 0 radical (unpaired) electrons. The van der Waals surface area contributed by atoms with Gasteiger partial charge in [0.15, 0.2) is 11.5 Å². The zero-order valence-corrected chi connectivity index (χ0v) is 28.3. The second-order valence-corrected chi connectivity index (χ2v) is 14.1. The Morgan fingerprint density at radius 3 is 2.24 bits per heavy atom. The van der Waals surface area contributed by atoms with E-state index in [2.05, 4.69) is 36.6 Å². The summed E-state index contributed by atoms with van der Waals surface area (Å²) in [7, 11) is -3.81. The Hall–Kier alpha value is -4.76. The van der Waals surface area contributed by atoms with Crippen molar-refractivity contribution in [3.8, 4) is 11.6 Å². The van der Waals surface area contributed by atoms with Gasteiger partial charge in [0.2, 0.25) is 15.9 Å². The van der Waals surface area contributed by atoms with Crippen LogP contribution in [0.2, 0.25) is 0 Å². The van der Waals surface area contributed by atoms with E-state index in [-0.39, 0.29) is 29.1 Å². The topological polar surface area (TPSA) is 121 Å². The Kier molecular flexibility index (Phi) is 10.5. The zero-order valence-electron chi connectivity index (χ0n) is 27.5. The number of piperazine rings is 1. The molecule has 0 aliphatic carbocycles. The number of nitrogens with zero attached hydrogens (tertiary/aromatic N) is 6. The van der Waals surface area contributed by atoms with Crippen LogP contribution in [0.4, 0.5) is 24.7 Å². The number of likely N-dealkylation sites (tertiary alicyclic amines) is 1. The lowest BCUT2D eigenvalue weighted by Gasteiger charge is -2.36. The van der Waals surface area contributed by atoms with Crippen molar-refractivity contribution in [3.05, 3.63) is 101 Å². The highest BCUT2D eigenvalue weighted by molar-refractivity contribution is 7.91. The summed E-state index contributed by atoms with van der Waals surface area (Å²) in [6.07, 6.45) is -1.63. The minimum absolute atomic E-state index is 0.0497. The van der Waals surface area contributed by atoms with Crippen LogP contribution in [0.1, 0.15) is 52.9 Å². The van der Waals surface area contributed by atoms with E-state index in [0.717, 1.165) is 37.3 Å². The van der Waals surface area contributed by atoms with Crippen molar-refractivity contribution in [2.75, 3.05) is 55.4 Å². The van der Waals surface area contributed by atoms with Crippen LogP contribution < -0.4 is 14.4 Å². The Morgan fingerprint density at radius 2 is 1.62 bits per heavy atom. The van der Waals surface area contributed by atoms with Gasteiger partial charge < -0.3 is 19.4 Å². The van der Waals surface area contributed by atoms with Gasteiger partial charge in [-0.05, 0) is 60.7 Å². The summed E-state index contributed by atoms with van der Waals surface area (Å²) < 4.78 is 73.2. The Balaban J connectivity index is 1.11. The van der Waals surface area contributed by atoms with E-state index in [1.54, 1.807) is 47.4 Å². The molecule has 1 amide bonds. The third-order valence-electron chi connectivity index (χ3n) is 8.98. The largest absolute Gasteiger partial charge is 0.438 e. The van der Waals surface area contributed by atoms with Crippen LogP contribution in [-0.4, -0.2) is 85.1 Å². The quantitative estimate of drug-likeness (QED) is 0.218. The van der Waals surface area contributed by atoms with E-state index < -0.39 is 21.9 Å². The van der Waals surface area contributed by atoms with Gasteiger partial charge in [0.25, 0.3) is 5.91 Å². The maximum Gasteiger partial charge on any atom is 0.435 e. The SMILES string of the molecule is CCN1CCN(c2ncc(C(=O)N3CCC(c4ccc(Oc5ccc(C(F)(F)F)nn5)cc4)CC3)cc2NS(=O)(=O)Cc2ccccc2)CC1. The van der Waals surface area contributed by atoms with Crippen molar-refractivity contribution in [3.63, 3.8) is 0 Å². The van der Waals surface area contributed by atoms with Gasteiger partial charge in [0.1, 0.15) is 5.75 Å². The molecule has 1 N–H and O–H groups in total. The third-order valence-corrected chi connectivity index (χ3v) is 10.2. The number of alkyl halides is 3. The summed E-state index contributed by atoms with van der Waals surface area (Å²) in [4.78, 5) is 24.5. The molecule has 2 aliphatic rings. The fourth-order valence-electron chi connectivity index (χ4n) is 6.23. The van der Waals surface area contributed by atoms with E-state index in [4.69, 9.17) is 4.74 Å². The average molecular weight is 710 g/mol. The second-order valence-electron chi connectivity index (χ2n) is 12.4. The molecule has 264 valence electrons. The molecule has 0 bridgehead atoms. The number of rotatable bonds is 10. The molecule has 2 aliphatic heterocycles. The number of ether oxygens (including phenoxy) is 1. The molecular formula is C35H38F3N7O4S. The molecule has 2 saturated heterocycles. The highest BCUT2D eigenvalue weighted by atomic mass is 32.2. The van der Waals surface area contributed by atoms with Gasteiger partial charge in [-0.3, -0.25) is 9.52 Å². The van der Waals surface area contributed by atoms with E-state index >= 15 is 0 Å². The van der Waals surface area contributed by atoms with E-state index in [9.17, 15) is 26.4 Å². The average Bonchev–Trinajstić information content (AvgIpc) is 3.12. The molecule has 2 aromatic carbocycles. The molecule has 0 saturated carbocycles. The Morgan fingerprint density at radius 1 is 0.920 bits per heavy atom. The third kappa shape index (κ3) is 8.69. The van der Waals surface area contributed by atoms with Crippen molar-refractivity contribution in [1.29, 1.82) is 0 Å². The number of piperidine rings is 1. The maximum atomic E-state index is 13.7. The lowest BCUT2D eigenvalue weighted by molar-refractivity contribution is -0.141. The maximum absolute atomic E-state index is 13.7. The summed E-state index contributed by atoms with van der Waals surface area (Å²) in [6, 6.07) is 19.7. The van der Waals surface area contributed by atoms with Gasteiger partial charge in [-0.1, -0.05) is 49.4 Å². The standard InChI is InChI=1S/C35H38F3N7O4S/c1-2-43-18-20-44(21-19-43)33-30(42-50(47,48)24-25-6-4-3-5-7-25)22-28(23-39-33)34(46)45-16-14-27(15-17-45)26-8-10-29(11-9-26)49-32-13-12-31(40-41-32)35(36,37)38/h3-13,22-23,27,42H,2,14-21,24H2,1H3. The van der Waals surface area contributed by atoms with E-state index in [0.29, 0.717) is 61.7 Å². The summed E-state index contributed by atoms with van der Waals surface area (Å²) >= 11 is 0. The number of halogens is 3. The summed E-state index contributed by atoms with van der Waals surface area (Å²) in [5, 5.41) is 6.68. The first-order valence-electron chi connectivity index (χ1n) is 16.5. The Labute approximate surface area is 289 Å². The molecule has 0 spiro atoms. The first-order valence-corrected chi connectivity index (χ1v) is 18.1. The van der Waals surface area contributed by atoms with Crippen LogP contribution >= 0.6 is 0 Å². The summed E-state index contributed by atoms with van der Waals surface area (Å²) in [5.74, 6) is 0.620. The number of benzene rings is 2. The van der Waals surface area contributed by atoms with Gasteiger partial charge in [0.05, 0.1) is 17.0 Å². The van der Waals surface area contributed by atoms with Gasteiger partial charge in [0, 0.05) is 51.5 Å². The number of likely N-dealkylation sites (N-methyl/N-ethyl adjacent to an activating group) is 1. The molecule has 0 unspecified atom stereocenters. The van der Waals surface area contributed by atoms with E-state index in [1.165, 1.54) is 6.20 Å². The minimum atomic E-state index is -4.58. The normalized spacial score (nSPS) is 16.3. The second kappa shape index (κ2) is 15.0. The minimum Gasteiger partial charge on any atom is -0.438 e. The van der Waals surface area contributed by atoms with Crippen molar-refractivity contribution < 1.29 is 31.1 Å². The lowest BCUT2D eigenvalue weighted by atomic mass is 9.89. The number of nitrogens with one attached hydrogen (secondary N) is 1. The summed E-state index contributed by atoms with van der Waals surface area (Å²) in [6.45, 7) is 7.06. The molecule has 4 heterocycles. The fourth-order valence-corrected chi connectivity index (χ4v) is 7.42. The van der Waals surface area contributed by atoms with Crippen LogP contribution in [0.25, 0.3) is 0 Å². The highest BCUT2D eigenvalue weighted by Crippen LogP contribution is 2.33. The van der Waals surface area contributed by atoms with Gasteiger partial charge in [-0.2, -0.15) is 13.2 Å².